The van der Waals surface area contributed by atoms with Crippen molar-refractivity contribution in [3.8, 4) is 5.75 Å². The van der Waals surface area contributed by atoms with Gasteiger partial charge in [0, 0.05) is 38.1 Å². The Morgan fingerprint density at radius 3 is 1.93 bits per heavy atom. The standard InChI is InChI=1S/C35H41N3O3S/c1-29-18-20-32(21-19-29)42(39,40)36-28-35(30-12-5-3-6-13-30,31-14-7-4-8-15-31)22-11-23-37-24-26-38(27-25-37)33-16-9-10-17-34(33)41-2/h3-10,12-21,36H,11,22-28H2,1-2H3. The van der Waals surface area contributed by atoms with Crippen LogP contribution in [0.4, 0.5) is 5.69 Å². The van der Waals surface area contributed by atoms with Crippen LogP contribution >= 0.6 is 0 Å². The van der Waals surface area contributed by atoms with Gasteiger partial charge in [0.2, 0.25) is 10.0 Å². The molecular weight excluding hydrogens is 542 g/mol. The van der Waals surface area contributed by atoms with Crippen molar-refractivity contribution in [2.75, 3.05) is 51.3 Å². The Morgan fingerprint density at radius 2 is 1.33 bits per heavy atom. The summed E-state index contributed by atoms with van der Waals surface area (Å²) in [6, 6.07) is 35.9. The van der Waals surface area contributed by atoms with Crippen LogP contribution in [0.25, 0.3) is 0 Å². The summed E-state index contributed by atoms with van der Waals surface area (Å²) in [5, 5.41) is 0. The molecule has 4 aromatic rings. The van der Waals surface area contributed by atoms with Gasteiger partial charge in [0.25, 0.3) is 0 Å². The fourth-order valence-electron chi connectivity index (χ4n) is 5.99. The summed E-state index contributed by atoms with van der Waals surface area (Å²) in [4.78, 5) is 5.20. The summed E-state index contributed by atoms with van der Waals surface area (Å²) < 4.78 is 35.5. The molecule has 1 aliphatic rings. The molecule has 0 saturated carbocycles. The van der Waals surface area contributed by atoms with Crippen molar-refractivity contribution >= 4 is 15.7 Å². The second-order valence-electron chi connectivity index (χ2n) is 11.1. The van der Waals surface area contributed by atoms with Crippen molar-refractivity contribution in [1.82, 2.24) is 9.62 Å². The van der Waals surface area contributed by atoms with E-state index in [1.165, 1.54) is 0 Å². The number of anilines is 1. The summed E-state index contributed by atoms with van der Waals surface area (Å²) in [6.45, 7) is 7.02. The third-order valence-electron chi connectivity index (χ3n) is 8.42. The van der Waals surface area contributed by atoms with Crippen LogP contribution in [0.15, 0.2) is 114 Å². The highest BCUT2D eigenvalue weighted by Crippen LogP contribution is 2.37. The topological polar surface area (TPSA) is 61.9 Å². The maximum Gasteiger partial charge on any atom is 0.240 e. The van der Waals surface area contributed by atoms with Gasteiger partial charge in [-0.2, -0.15) is 0 Å². The van der Waals surface area contributed by atoms with E-state index in [0.717, 1.165) is 73.7 Å². The molecule has 1 N–H and O–H groups in total. The third-order valence-corrected chi connectivity index (χ3v) is 9.84. The van der Waals surface area contributed by atoms with Crippen molar-refractivity contribution in [3.63, 3.8) is 0 Å². The predicted molar refractivity (Wildman–Crippen MR) is 171 cm³/mol. The summed E-state index contributed by atoms with van der Waals surface area (Å²) in [6.07, 6.45) is 1.74. The minimum atomic E-state index is -3.69. The summed E-state index contributed by atoms with van der Waals surface area (Å²) in [7, 11) is -1.96. The van der Waals surface area contributed by atoms with Gasteiger partial charge in [-0.1, -0.05) is 90.5 Å². The van der Waals surface area contributed by atoms with E-state index in [2.05, 4.69) is 50.9 Å². The van der Waals surface area contributed by atoms with Crippen LogP contribution in [-0.4, -0.2) is 59.7 Å². The van der Waals surface area contributed by atoms with Crippen LogP contribution in [-0.2, 0) is 15.4 Å². The number of rotatable bonds is 12. The van der Waals surface area contributed by atoms with E-state index in [1.807, 2.05) is 67.6 Å². The van der Waals surface area contributed by atoms with Crippen molar-refractivity contribution < 1.29 is 13.2 Å². The molecule has 1 aliphatic heterocycles. The monoisotopic (exact) mass is 583 g/mol. The fraction of sp³-hybridized carbons (Fsp3) is 0.314. The molecule has 5 rings (SSSR count). The zero-order chi connectivity index (χ0) is 29.4. The van der Waals surface area contributed by atoms with E-state index in [0.29, 0.717) is 0 Å². The number of nitrogens with one attached hydrogen (secondary N) is 1. The number of benzene rings is 4. The lowest BCUT2D eigenvalue weighted by Gasteiger charge is -2.38. The lowest BCUT2D eigenvalue weighted by molar-refractivity contribution is 0.244. The Balaban J connectivity index is 1.33. The zero-order valence-electron chi connectivity index (χ0n) is 24.6. The van der Waals surface area contributed by atoms with E-state index >= 15 is 0 Å². The molecule has 42 heavy (non-hydrogen) atoms. The highest BCUT2D eigenvalue weighted by molar-refractivity contribution is 7.89. The number of piperazine rings is 1. The smallest absolute Gasteiger partial charge is 0.240 e. The zero-order valence-corrected chi connectivity index (χ0v) is 25.4. The molecular formula is C35H41N3O3S. The van der Waals surface area contributed by atoms with Crippen LogP contribution in [0.5, 0.6) is 5.75 Å². The molecule has 0 aliphatic carbocycles. The molecule has 1 saturated heterocycles. The molecule has 6 nitrogen and oxygen atoms in total. The van der Waals surface area contributed by atoms with Gasteiger partial charge >= 0.3 is 0 Å². The molecule has 0 amide bonds. The molecule has 0 unspecified atom stereocenters. The minimum absolute atomic E-state index is 0.277. The number of para-hydroxylation sites is 2. The van der Waals surface area contributed by atoms with Crippen LogP contribution in [0, 0.1) is 6.92 Å². The molecule has 0 atom stereocenters. The van der Waals surface area contributed by atoms with Gasteiger partial charge in [-0.25, -0.2) is 13.1 Å². The van der Waals surface area contributed by atoms with Gasteiger partial charge in [-0.3, -0.25) is 4.90 Å². The van der Waals surface area contributed by atoms with Gasteiger partial charge in [-0.15, -0.1) is 0 Å². The second kappa shape index (κ2) is 13.6. The highest BCUT2D eigenvalue weighted by Gasteiger charge is 2.35. The number of sulfonamides is 1. The van der Waals surface area contributed by atoms with Crippen LogP contribution in [0.3, 0.4) is 0 Å². The SMILES string of the molecule is COc1ccccc1N1CCN(CCCC(CNS(=O)(=O)c2ccc(C)cc2)(c2ccccc2)c2ccccc2)CC1. The summed E-state index contributed by atoms with van der Waals surface area (Å²) >= 11 is 0. The first-order valence-corrected chi connectivity index (χ1v) is 16.2. The van der Waals surface area contributed by atoms with E-state index in [1.54, 1.807) is 19.2 Å². The lowest BCUT2D eigenvalue weighted by Crippen LogP contribution is -2.47. The Hall–Kier alpha value is -3.65. The summed E-state index contributed by atoms with van der Waals surface area (Å²) in [5.74, 6) is 0.912. The van der Waals surface area contributed by atoms with E-state index in [9.17, 15) is 8.42 Å². The van der Waals surface area contributed by atoms with Crippen molar-refractivity contribution in [2.24, 2.45) is 0 Å². The third kappa shape index (κ3) is 6.86. The normalized spacial score (nSPS) is 14.6. The van der Waals surface area contributed by atoms with Crippen molar-refractivity contribution in [3.05, 3.63) is 126 Å². The highest BCUT2D eigenvalue weighted by atomic mass is 32.2. The number of nitrogens with zero attached hydrogens (tertiary/aromatic N) is 2. The molecule has 0 bridgehead atoms. The maximum atomic E-state index is 13.4. The van der Waals surface area contributed by atoms with Gasteiger partial charge in [0.15, 0.2) is 0 Å². The quantitative estimate of drug-likeness (QED) is 0.226. The first-order chi connectivity index (χ1) is 20.4. The molecule has 1 heterocycles. The van der Waals surface area contributed by atoms with Crippen LogP contribution in [0.2, 0.25) is 0 Å². The predicted octanol–water partition coefficient (Wildman–Crippen LogP) is 5.87. The lowest BCUT2D eigenvalue weighted by atomic mass is 9.71. The van der Waals surface area contributed by atoms with Gasteiger partial charge in [0.05, 0.1) is 17.7 Å². The van der Waals surface area contributed by atoms with E-state index in [4.69, 9.17) is 4.74 Å². The molecule has 4 aromatic carbocycles. The molecule has 0 spiro atoms. The van der Waals surface area contributed by atoms with Gasteiger partial charge in [0.1, 0.15) is 5.75 Å². The number of ether oxygens (including phenoxy) is 1. The first kappa shape index (κ1) is 29.8. The fourth-order valence-corrected chi connectivity index (χ4v) is 7.09. The van der Waals surface area contributed by atoms with Crippen molar-refractivity contribution in [2.45, 2.75) is 30.1 Å². The number of methoxy groups -OCH3 is 1. The number of hydrogen-bond acceptors (Lipinski definition) is 5. The Kier molecular flexibility index (Phi) is 9.62. The average molecular weight is 584 g/mol. The Labute approximate surface area is 251 Å². The van der Waals surface area contributed by atoms with E-state index in [-0.39, 0.29) is 11.4 Å². The largest absolute Gasteiger partial charge is 0.495 e. The average Bonchev–Trinajstić information content (AvgIpc) is 3.04. The maximum absolute atomic E-state index is 13.4. The molecule has 220 valence electrons. The van der Waals surface area contributed by atoms with Crippen molar-refractivity contribution in [1.29, 1.82) is 0 Å². The van der Waals surface area contributed by atoms with Crippen LogP contribution < -0.4 is 14.4 Å². The van der Waals surface area contributed by atoms with E-state index < -0.39 is 15.4 Å². The van der Waals surface area contributed by atoms with Gasteiger partial charge in [-0.05, 0) is 61.7 Å². The first-order valence-electron chi connectivity index (χ1n) is 14.7. The second-order valence-corrected chi connectivity index (χ2v) is 12.8. The Morgan fingerprint density at radius 1 is 0.762 bits per heavy atom. The molecule has 7 heteroatoms. The molecule has 1 fully saturated rings. The van der Waals surface area contributed by atoms with Crippen LogP contribution in [0.1, 0.15) is 29.5 Å². The number of aryl methyl sites for hydroxylation is 1. The number of hydrogen-bond donors (Lipinski definition) is 1. The molecule has 0 radical (unpaired) electrons. The Bertz CT molecular complexity index is 1480. The molecule has 0 aromatic heterocycles. The van der Waals surface area contributed by atoms with Gasteiger partial charge < -0.3 is 9.64 Å². The minimum Gasteiger partial charge on any atom is -0.495 e. The summed E-state index contributed by atoms with van der Waals surface area (Å²) in [5.41, 5.74) is 3.89.